The van der Waals surface area contributed by atoms with Crippen molar-refractivity contribution in [2.45, 2.75) is 25.7 Å². The predicted molar refractivity (Wildman–Crippen MR) is 97.6 cm³/mol. The first kappa shape index (κ1) is 17.6. The van der Waals surface area contributed by atoms with Gasteiger partial charge in [0.1, 0.15) is 5.82 Å². The molecule has 1 aromatic heterocycles. The van der Waals surface area contributed by atoms with Crippen molar-refractivity contribution in [3.8, 4) is 0 Å². The molecule has 27 heavy (non-hydrogen) atoms. The number of hydrogen-bond acceptors (Lipinski definition) is 4. The van der Waals surface area contributed by atoms with Crippen LogP contribution in [0, 0.1) is 11.2 Å². The van der Waals surface area contributed by atoms with Gasteiger partial charge in [0, 0.05) is 37.7 Å². The molecule has 140 valence electrons. The lowest BCUT2D eigenvalue weighted by Crippen LogP contribution is -2.57. The number of piperidine rings is 2. The highest BCUT2D eigenvalue weighted by atomic mass is 19.1. The number of benzene rings is 1. The number of amides is 2. The zero-order chi connectivity index (χ0) is 18.9. The summed E-state index contributed by atoms with van der Waals surface area (Å²) in [5, 5.41) is 0. The molecule has 0 saturated carbocycles. The fourth-order valence-corrected chi connectivity index (χ4v) is 4.17. The molecule has 2 fully saturated rings. The van der Waals surface area contributed by atoms with Crippen molar-refractivity contribution in [3.63, 3.8) is 0 Å². The fourth-order valence-electron chi connectivity index (χ4n) is 4.17. The molecular formula is C20H21FN4O2. The van der Waals surface area contributed by atoms with Crippen LogP contribution in [0.15, 0.2) is 42.7 Å². The van der Waals surface area contributed by atoms with E-state index in [1.165, 1.54) is 12.1 Å². The van der Waals surface area contributed by atoms with Gasteiger partial charge in [0.05, 0.1) is 5.41 Å². The van der Waals surface area contributed by atoms with E-state index in [1.54, 1.807) is 40.4 Å². The number of carbonyl (C=O) groups is 2. The lowest BCUT2D eigenvalue weighted by molar-refractivity contribution is -0.133. The van der Waals surface area contributed by atoms with Gasteiger partial charge in [-0.2, -0.15) is 0 Å². The Bertz CT molecular complexity index is 839. The molecule has 0 radical (unpaired) electrons. The van der Waals surface area contributed by atoms with Gasteiger partial charge in [-0.15, -0.1) is 0 Å². The molecule has 2 aromatic rings. The smallest absolute Gasteiger partial charge is 0.291 e. The number of likely N-dealkylation sites (tertiary alicyclic amines) is 1. The quantitative estimate of drug-likeness (QED) is 0.817. The zero-order valence-corrected chi connectivity index (χ0v) is 15.0. The van der Waals surface area contributed by atoms with Crippen LogP contribution in [0.4, 0.5) is 10.1 Å². The van der Waals surface area contributed by atoms with E-state index in [4.69, 9.17) is 0 Å². The molecule has 2 aliphatic heterocycles. The van der Waals surface area contributed by atoms with E-state index in [0.717, 1.165) is 25.7 Å². The topological polar surface area (TPSA) is 66.4 Å². The van der Waals surface area contributed by atoms with Crippen LogP contribution in [0.1, 0.15) is 36.3 Å². The summed E-state index contributed by atoms with van der Waals surface area (Å²) in [4.78, 5) is 37.6. The van der Waals surface area contributed by atoms with E-state index in [0.29, 0.717) is 25.3 Å². The highest BCUT2D eigenvalue weighted by molar-refractivity contribution is 5.99. The Kier molecular flexibility index (Phi) is 4.59. The van der Waals surface area contributed by atoms with Gasteiger partial charge in [0.2, 0.25) is 11.7 Å². The molecule has 3 heterocycles. The van der Waals surface area contributed by atoms with Gasteiger partial charge in [-0.05, 0) is 56.0 Å². The summed E-state index contributed by atoms with van der Waals surface area (Å²) in [6, 6.07) is 7.67. The Morgan fingerprint density at radius 2 is 1.70 bits per heavy atom. The SMILES string of the molecule is O=C(c1ncccn1)N1CCCC2(CCCN(c3ccc(F)cc3)C2=O)C1. The molecule has 2 aliphatic rings. The third kappa shape index (κ3) is 3.29. The van der Waals surface area contributed by atoms with Crippen molar-refractivity contribution in [2.24, 2.45) is 5.41 Å². The van der Waals surface area contributed by atoms with Gasteiger partial charge in [0.15, 0.2) is 0 Å². The molecule has 2 amide bonds. The van der Waals surface area contributed by atoms with Crippen LogP contribution in [0.25, 0.3) is 0 Å². The highest BCUT2D eigenvalue weighted by Gasteiger charge is 2.47. The van der Waals surface area contributed by atoms with Crippen molar-refractivity contribution in [1.82, 2.24) is 14.9 Å². The minimum absolute atomic E-state index is 0.0202. The van der Waals surface area contributed by atoms with Gasteiger partial charge in [-0.25, -0.2) is 14.4 Å². The number of anilines is 1. The summed E-state index contributed by atoms with van der Waals surface area (Å²) in [5.74, 6) is -0.378. The maximum atomic E-state index is 13.4. The number of nitrogens with zero attached hydrogens (tertiary/aromatic N) is 4. The summed E-state index contributed by atoms with van der Waals surface area (Å²) >= 11 is 0. The molecule has 4 rings (SSSR count). The van der Waals surface area contributed by atoms with E-state index >= 15 is 0 Å². The van der Waals surface area contributed by atoms with Gasteiger partial charge >= 0.3 is 0 Å². The molecule has 0 bridgehead atoms. The Labute approximate surface area is 157 Å². The van der Waals surface area contributed by atoms with Crippen molar-refractivity contribution < 1.29 is 14.0 Å². The maximum absolute atomic E-state index is 13.4. The summed E-state index contributed by atoms with van der Waals surface area (Å²) in [6.45, 7) is 1.59. The largest absolute Gasteiger partial charge is 0.335 e. The normalized spacial score (nSPS) is 22.9. The fraction of sp³-hybridized carbons (Fsp3) is 0.400. The molecule has 0 aliphatic carbocycles. The highest BCUT2D eigenvalue weighted by Crippen LogP contribution is 2.41. The third-order valence-corrected chi connectivity index (χ3v) is 5.50. The molecule has 6 nitrogen and oxygen atoms in total. The average molecular weight is 368 g/mol. The second-order valence-electron chi connectivity index (χ2n) is 7.22. The van der Waals surface area contributed by atoms with Gasteiger partial charge in [-0.1, -0.05) is 0 Å². The molecule has 2 saturated heterocycles. The Morgan fingerprint density at radius 1 is 1.04 bits per heavy atom. The lowest BCUT2D eigenvalue weighted by atomic mass is 9.72. The van der Waals surface area contributed by atoms with Crippen LogP contribution >= 0.6 is 0 Å². The minimum Gasteiger partial charge on any atom is -0.335 e. The molecule has 7 heteroatoms. The third-order valence-electron chi connectivity index (χ3n) is 5.50. The van der Waals surface area contributed by atoms with Crippen LogP contribution in [0.3, 0.4) is 0 Å². The summed E-state index contributed by atoms with van der Waals surface area (Å²) in [6.07, 6.45) is 6.21. The first-order chi connectivity index (χ1) is 13.1. The van der Waals surface area contributed by atoms with Crippen LogP contribution in [0.2, 0.25) is 0 Å². The van der Waals surface area contributed by atoms with E-state index in [1.807, 2.05) is 0 Å². The molecule has 0 N–H and O–H groups in total. The van der Waals surface area contributed by atoms with Crippen molar-refractivity contribution in [2.75, 3.05) is 24.5 Å². The zero-order valence-electron chi connectivity index (χ0n) is 15.0. The lowest BCUT2D eigenvalue weighted by Gasteiger charge is -2.47. The van der Waals surface area contributed by atoms with Crippen LogP contribution < -0.4 is 4.90 Å². The van der Waals surface area contributed by atoms with Crippen LogP contribution in [-0.4, -0.2) is 46.3 Å². The Morgan fingerprint density at radius 3 is 2.41 bits per heavy atom. The second kappa shape index (κ2) is 7.06. The molecule has 1 unspecified atom stereocenters. The standard InChI is InChI=1S/C20H21FN4O2/c21-15-4-6-16(7-5-15)25-13-2-9-20(19(25)27)8-1-12-24(14-20)18(26)17-22-10-3-11-23-17/h3-7,10-11H,1-2,8-9,12-14H2. The van der Waals surface area contributed by atoms with E-state index in [-0.39, 0.29) is 23.5 Å². The van der Waals surface area contributed by atoms with Gasteiger partial charge in [-0.3, -0.25) is 9.59 Å². The van der Waals surface area contributed by atoms with Crippen LogP contribution in [-0.2, 0) is 4.79 Å². The number of halogens is 1. The van der Waals surface area contributed by atoms with Crippen molar-refractivity contribution in [1.29, 1.82) is 0 Å². The minimum atomic E-state index is -0.588. The Balaban J connectivity index is 1.57. The van der Waals surface area contributed by atoms with E-state index in [2.05, 4.69) is 9.97 Å². The monoisotopic (exact) mass is 368 g/mol. The molecule has 1 atom stereocenters. The average Bonchev–Trinajstić information content (AvgIpc) is 2.71. The van der Waals surface area contributed by atoms with Crippen LogP contribution in [0.5, 0.6) is 0 Å². The number of carbonyl (C=O) groups excluding carboxylic acids is 2. The number of rotatable bonds is 2. The maximum Gasteiger partial charge on any atom is 0.291 e. The Hall–Kier alpha value is -2.83. The van der Waals surface area contributed by atoms with E-state index < -0.39 is 5.41 Å². The number of aromatic nitrogens is 2. The van der Waals surface area contributed by atoms with Gasteiger partial charge in [0.25, 0.3) is 5.91 Å². The van der Waals surface area contributed by atoms with E-state index in [9.17, 15) is 14.0 Å². The summed E-state index contributed by atoms with van der Waals surface area (Å²) < 4.78 is 13.2. The van der Waals surface area contributed by atoms with Crippen molar-refractivity contribution >= 4 is 17.5 Å². The summed E-state index contributed by atoms with van der Waals surface area (Å²) in [5.41, 5.74) is 0.116. The second-order valence-corrected chi connectivity index (χ2v) is 7.22. The number of hydrogen-bond donors (Lipinski definition) is 0. The predicted octanol–water partition coefficient (Wildman–Crippen LogP) is 2.67. The first-order valence-corrected chi connectivity index (χ1v) is 9.23. The molecular weight excluding hydrogens is 347 g/mol. The van der Waals surface area contributed by atoms with Crippen molar-refractivity contribution in [3.05, 3.63) is 54.4 Å². The van der Waals surface area contributed by atoms with Gasteiger partial charge < -0.3 is 9.80 Å². The summed E-state index contributed by atoms with van der Waals surface area (Å²) in [7, 11) is 0. The molecule has 1 spiro atoms. The first-order valence-electron chi connectivity index (χ1n) is 9.23. The molecule has 1 aromatic carbocycles.